The van der Waals surface area contributed by atoms with Crippen molar-refractivity contribution >= 4 is 35.6 Å². The number of hydrogen-bond acceptors (Lipinski definition) is 7. The molecule has 0 fully saturated rings. The van der Waals surface area contributed by atoms with Crippen LogP contribution in [0.1, 0.15) is 26.7 Å². The van der Waals surface area contributed by atoms with Gasteiger partial charge in [-0.25, -0.2) is 0 Å². The lowest BCUT2D eigenvalue weighted by molar-refractivity contribution is -0.159. The van der Waals surface area contributed by atoms with Gasteiger partial charge in [-0.05, 0) is 0 Å². The summed E-state index contributed by atoms with van der Waals surface area (Å²) in [6.07, 6.45) is 0.206. The van der Waals surface area contributed by atoms with Crippen molar-refractivity contribution in [2.24, 2.45) is 0 Å². The van der Waals surface area contributed by atoms with Gasteiger partial charge < -0.3 is 9.47 Å². The summed E-state index contributed by atoms with van der Waals surface area (Å²) in [5.74, 6) is -1.55. The molecule has 0 atom stereocenters. The topological polar surface area (TPSA) is 86.7 Å². The van der Waals surface area contributed by atoms with E-state index in [4.69, 9.17) is 0 Å². The Morgan fingerprint density at radius 1 is 0.824 bits per heavy atom. The first-order valence-electron chi connectivity index (χ1n) is 4.92. The number of rotatable bonds is 6. The lowest BCUT2D eigenvalue weighted by atomic mass is 10.5. The molecule has 0 rings (SSSR count). The van der Waals surface area contributed by atoms with Gasteiger partial charge >= 0.3 is 23.9 Å². The smallest absolute Gasteiger partial charge is 0.314 e. The van der Waals surface area contributed by atoms with Crippen LogP contribution in [0.15, 0.2) is 0 Å². The van der Waals surface area contributed by atoms with E-state index in [0.29, 0.717) is 11.5 Å². The SMILES string of the molecule is CC(=O)OC(=O)CCSCCC(=O)OC(C)=O. The maximum absolute atomic E-state index is 10.9. The number of thioether (sulfide) groups is 1. The fourth-order valence-electron chi connectivity index (χ4n) is 0.836. The number of ether oxygens (including phenoxy) is 2. The van der Waals surface area contributed by atoms with E-state index in [1.165, 1.54) is 11.8 Å². The lowest BCUT2D eigenvalue weighted by Gasteiger charge is -2.01. The highest BCUT2D eigenvalue weighted by molar-refractivity contribution is 7.99. The third-order valence-corrected chi connectivity index (χ3v) is 2.40. The molecule has 0 unspecified atom stereocenters. The largest absolute Gasteiger partial charge is 0.393 e. The Morgan fingerprint density at radius 3 is 1.47 bits per heavy atom. The molecule has 17 heavy (non-hydrogen) atoms. The monoisotopic (exact) mass is 262 g/mol. The molecule has 0 aromatic carbocycles. The zero-order chi connectivity index (χ0) is 13.3. The fraction of sp³-hybridized carbons (Fsp3) is 0.600. The van der Waals surface area contributed by atoms with Gasteiger partial charge in [-0.2, -0.15) is 11.8 Å². The first-order valence-corrected chi connectivity index (χ1v) is 6.07. The van der Waals surface area contributed by atoms with Crippen LogP contribution in [0, 0.1) is 0 Å². The summed E-state index contributed by atoms with van der Waals surface area (Å²) in [6.45, 7) is 2.31. The van der Waals surface area contributed by atoms with Crippen molar-refractivity contribution in [3.05, 3.63) is 0 Å². The van der Waals surface area contributed by atoms with Gasteiger partial charge in [0.05, 0.1) is 12.8 Å². The summed E-state index contributed by atoms with van der Waals surface area (Å²) in [6, 6.07) is 0. The van der Waals surface area contributed by atoms with Crippen molar-refractivity contribution in [2.75, 3.05) is 11.5 Å². The van der Waals surface area contributed by atoms with Gasteiger partial charge in [0.1, 0.15) is 0 Å². The minimum atomic E-state index is -0.634. The van der Waals surface area contributed by atoms with E-state index in [-0.39, 0.29) is 12.8 Å². The molecule has 0 aromatic heterocycles. The maximum atomic E-state index is 10.9. The predicted molar refractivity (Wildman–Crippen MR) is 60.1 cm³/mol. The van der Waals surface area contributed by atoms with Crippen LogP contribution < -0.4 is 0 Å². The quantitative estimate of drug-likeness (QED) is 0.395. The zero-order valence-corrected chi connectivity index (χ0v) is 10.5. The van der Waals surface area contributed by atoms with Gasteiger partial charge in [-0.15, -0.1) is 0 Å². The molecule has 0 saturated carbocycles. The van der Waals surface area contributed by atoms with Crippen LogP contribution in [0.2, 0.25) is 0 Å². The summed E-state index contributed by atoms with van der Waals surface area (Å²) < 4.78 is 8.61. The maximum Gasteiger partial charge on any atom is 0.314 e. The Kier molecular flexibility index (Phi) is 8.04. The van der Waals surface area contributed by atoms with Crippen LogP contribution in [0.5, 0.6) is 0 Å². The Morgan fingerprint density at radius 2 is 1.18 bits per heavy atom. The third kappa shape index (κ3) is 10.9. The Hall–Kier alpha value is -1.37. The van der Waals surface area contributed by atoms with Gasteiger partial charge in [-0.1, -0.05) is 0 Å². The van der Waals surface area contributed by atoms with E-state index in [9.17, 15) is 19.2 Å². The van der Waals surface area contributed by atoms with Crippen molar-refractivity contribution in [2.45, 2.75) is 26.7 Å². The van der Waals surface area contributed by atoms with Crippen molar-refractivity contribution in [3.63, 3.8) is 0 Å². The summed E-state index contributed by atoms with van der Waals surface area (Å²) in [7, 11) is 0. The summed E-state index contributed by atoms with van der Waals surface area (Å²) in [5, 5.41) is 0. The van der Waals surface area contributed by atoms with Gasteiger partial charge in [0.2, 0.25) is 0 Å². The van der Waals surface area contributed by atoms with E-state index >= 15 is 0 Å². The second-order valence-electron chi connectivity index (χ2n) is 3.04. The molecule has 0 amide bonds. The van der Waals surface area contributed by atoms with Crippen molar-refractivity contribution in [1.82, 2.24) is 0 Å². The first kappa shape index (κ1) is 15.6. The second-order valence-corrected chi connectivity index (χ2v) is 4.27. The molecule has 0 aliphatic heterocycles. The fourth-order valence-corrected chi connectivity index (χ4v) is 1.66. The molecule has 96 valence electrons. The van der Waals surface area contributed by atoms with Crippen LogP contribution in [-0.4, -0.2) is 35.4 Å². The van der Waals surface area contributed by atoms with Gasteiger partial charge in [0, 0.05) is 25.4 Å². The highest BCUT2D eigenvalue weighted by Crippen LogP contribution is 2.06. The summed E-state index contributed by atoms with van der Waals surface area (Å²) >= 11 is 1.34. The minimum Gasteiger partial charge on any atom is -0.393 e. The minimum absolute atomic E-state index is 0.103. The normalized spacial score (nSPS) is 9.53. The van der Waals surface area contributed by atoms with E-state index in [1.54, 1.807) is 0 Å². The predicted octanol–water partition coefficient (Wildman–Crippen LogP) is 0.679. The van der Waals surface area contributed by atoms with Gasteiger partial charge in [-0.3, -0.25) is 19.2 Å². The number of carbonyl (C=O) groups excluding carboxylic acids is 4. The molecule has 0 N–H and O–H groups in total. The van der Waals surface area contributed by atoms with Crippen LogP contribution in [-0.2, 0) is 28.7 Å². The van der Waals surface area contributed by atoms with E-state index < -0.39 is 23.9 Å². The van der Waals surface area contributed by atoms with Crippen molar-refractivity contribution < 1.29 is 28.7 Å². The number of hydrogen-bond donors (Lipinski definition) is 0. The van der Waals surface area contributed by atoms with Gasteiger partial charge in [0.15, 0.2) is 0 Å². The van der Waals surface area contributed by atoms with Crippen molar-refractivity contribution in [3.8, 4) is 0 Å². The molecule has 6 nitrogen and oxygen atoms in total. The number of esters is 4. The molecule has 0 aromatic rings. The van der Waals surface area contributed by atoms with E-state index in [1.807, 2.05) is 0 Å². The molecular weight excluding hydrogens is 248 g/mol. The molecule has 7 heteroatoms. The molecule has 0 saturated heterocycles. The average molecular weight is 262 g/mol. The standard InChI is InChI=1S/C10H14O6S/c1-7(11)15-9(13)3-5-17-6-4-10(14)16-8(2)12/h3-6H2,1-2H3. The third-order valence-electron chi connectivity index (χ3n) is 1.42. The van der Waals surface area contributed by atoms with E-state index in [2.05, 4.69) is 9.47 Å². The Balaban J connectivity index is 3.46. The van der Waals surface area contributed by atoms with Crippen LogP contribution >= 0.6 is 11.8 Å². The first-order chi connectivity index (χ1) is 7.91. The van der Waals surface area contributed by atoms with Crippen LogP contribution in [0.4, 0.5) is 0 Å². The molecule has 0 spiro atoms. The summed E-state index contributed by atoms with van der Waals surface area (Å²) in [5.41, 5.74) is 0. The Bertz CT molecular complexity index is 282. The van der Waals surface area contributed by atoms with Crippen LogP contribution in [0.25, 0.3) is 0 Å². The molecule has 0 aliphatic carbocycles. The lowest BCUT2D eigenvalue weighted by Crippen LogP contribution is -2.11. The average Bonchev–Trinajstić information content (AvgIpc) is 2.14. The van der Waals surface area contributed by atoms with Crippen LogP contribution in [0.3, 0.4) is 0 Å². The molecule has 0 heterocycles. The molecule has 0 aliphatic rings. The number of carbonyl (C=O) groups is 4. The molecular formula is C10H14O6S. The zero-order valence-electron chi connectivity index (χ0n) is 9.69. The Labute approximate surface area is 103 Å². The molecule has 0 bridgehead atoms. The highest BCUT2D eigenvalue weighted by Gasteiger charge is 2.08. The second kappa shape index (κ2) is 8.74. The van der Waals surface area contributed by atoms with Gasteiger partial charge in [0.25, 0.3) is 0 Å². The van der Waals surface area contributed by atoms with E-state index in [0.717, 1.165) is 13.8 Å². The highest BCUT2D eigenvalue weighted by atomic mass is 32.2. The summed E-state index contributed by atoms with van der Waals surface area (Å²) in [4.78, 5) is 42.6. The van der Waals surface area contributed by atoms with Crippen molar-refractivity contribution in [1.29, 1.82) is 0 Å². The molecule has 0 radical (unpaired) electrons.